The summed E-state index contributed by atoms with van der Waals surface area (Å²) in [6.07, 6.45) is -6.29. The van der Waals surface area contributed by atoms with Crippen LogP contribution in [-0.2, 0) is 33.2 Å². The molecule has 0 aliphatic rings. The SMILES string of the molecule is CCCCOC(=O)NC(NC(=O)OCC(C)C)(NC(=O)OC(C)C)OC(C)(C)C(NC(=O)OC)(NC(=O)OCC)NC(=O)OCCC. The van der Waals surface area contributed by atoms with Crippen LogP contribution in [0.4, 0.5) is 28.8 Å². The molecule has 47 heavy (non-hydrogen) atoms. The number of rotatable bonds is 18. The molecular formula is C28H52N6O13. The first-order valence-corrected chi connectivity index (χ1v) is 15.2. The van der Waals surface area contributed by atoms with Gasteiger partial charge in [0.05, 0.1) is 39.6 Å². The molecule has 0 aliphatic heterocycles. The van der Waals surface area contributed by atoms with Crippen LogP contribution < -0.4 is 31.9 Å². The topological polar surface area (TPSA) is 239 Å². The zero-order valence-corrected chi connectivity index (χ0v) is 28.9. The molecule has 0 saturated carbocycles. The van der Waals surface area contributed by atoms with Gasteiger partial charge >= 0.3 is 42.5 Å². The molecule has 0 aromatic rings. The van der Waals surface area contributed by atoms with Crippen LogP contribution in [0.2, 0.25) is 0 Å². The third-order valence-corrected chi connectivity index (χ3v) is 5.53. The van der Waals surface area contributed by atoms with Crippen molar-refractivity contribution in [2.75, 3.05) is 33.5 Å². The van der Waals surface area contributed by atoms with Crippen LogP contribution in [0.15, 0.2) is 0 Å². The van der Waals surface area contributed by atoms with E-state index in [-0.39, 0.29) is 32.3 Å². The fraction of sp³-hybridized carbons (Fsp3) is 0.786. The highest BCUT2D eigenvalue weighted by molar-refractivity contribution is 5.77. The summed E-state index contributed by atoms with van der Waals surface area (Å²) in [5, 5.41) is 13.6. The number of carbonyl (C=O) groups excluding carboxylic acids is 6. The Morgan fingerprint density at radius 2 is 1.11 bits per heavy atom. The normalized spacial score (nSPS) is 13.5. The molecule has 0 aromatic heterocycles. The van der Waals surface area contributed by atoms with Gasteiger partial charge in [-0.15, -0.1) is 0 Å². The monoisotopic (exact) mass is 680 g/mol. The summed E-state index contributed by atoms with van der Waals surface area (Å²) in [5.41, 5.74) is -2.23. The Kier molecular flexibility index (Phi) is 18.7. The van der Waals surface area contributed by atoms with Gasteiger partial charge in [0, 0.05) is 0 Å². The smallest absolute Gasteiger partial charge is 0.412 e. The van der Waals surface area contributed by atoms with Crippen LogP contribution in [0.5, 0.6) is 0 Å². The molecule has 2 unspecified atom stereocenters. The third-order valence-electron chi connectivity index (χ3n) is 5.53. The second-order valence-electron chi connectivity index (χ2n) is 11.1. The molecule has 6 amide bonds. The largest absolute Gasteiger partial charge is 0.453 e. The summed E-state index contributed by atoms with van der Waals surface area (Å²) in [6, 6.07) is 0. The lowest BCUT2D eigenvalue weighted by Crippen LogP contribution is -2.83. The number of unbranched alkanes of at least 4 members (excludes halogenated alkanes) is 1. The van der Waals surface area contributed by atoms with Crippen LogP contribution >= 0.6 is 0 Å². The molecule has 0 bridgehead atoms. The number of ether oxygens (including phenoxy) is 7. The number of amides is 6. The fourth-order valence-electron chi connectivity index (χ4n) is 3.38. The van der Waals surface area contributed by atoms with Gasteiger partial charge in [-0.25, -0.2) is 28.8 Å². The van der Waals surface area contributed by atoms with Crippen molar-refractivity contribution >= 4 is 36.6 Å². The molecule has 272 valence electrons. The van der Waals surface area contributed by atoms with Crippen molar-refractivity contribution in [3.63, 3.8) is 0 Å². The lowest BCUT2D eigenvalue weighted by molar-refractivity contribution is -0.217. The Balaban J connectivity index is 7.38. The van der Waals surface area contributed by atoms with E-state index in [1.165, 1.54) is 34.6 Å². The van der Waals surface area contributed by atoms with Crippen LogP contribution in [0.25, 0.3) is 0 Å². The zero-order chi connectivity index (χ0) is 36.3. The van der Waals surface area contributed by atoms with Gasteiger partial charge in [0.2, 0.25) is 5.79 Å². The number of alkyl carbamates (subject to hydrolysis) is 6. The van der Waals surface area contributed by atoms with Gasteiger partial charge in [-0.1, -0.05) is 34.1 Å². The van der Waals surface area contributed by atoms with E-state index in [0.717, 1.165) is 7.11 Å². The van der Waals surface area contributed by atoms with Crippen molar-refractivity contribution in [1.29, 1.82) is 0 Å². The van der Waals surface area contributed by atoms with Crippen LogP contribution in [0.1, 0.15) is 81.6 Å². The van der Waals surface area contributed by atoms with Gasteiger partial charge in [-0.3, -0.25) is 31.9 Å². The lowest BCUT2D eigenvalue weighted by Gasteiger charge is -2.49. The minimum Gasteiger partial charge on any atom is -0.453 e. The van der Waals surface area contributed by atoms with E-state index in [0.29, 0.717) is 19.3 Å². The number of hydrogen-bond acceptors (Lipinski definition) is 13. The number of hydrogen-bond donors (Lipinski definition) is 6. The second-order valence-corrected chi connectivity index (χ2v) is 11.1. The van der Waals surface area contributed by atoms with E-state index in [1.807, 2.05) is 6.92 Å². The molecule has 19 nitrogen and oxygen atoms in total. The Labute approximate surface area is 275 Å². The summed E-state index contributed by atoms with van der Waals surface area (Å²) < 4.78 is 36.6. The summed E-state index contributed by atoms with van der Waals surface area (Å²) in [6.45, 7) is 13.7. The number of methoxy groups -OCH3 is 1. The molecule has 2 atom stereocenters. The first kappa shape index (κ1) is 42.6. The maximum atomic E-state index is 13.1. The van der Waals surface area contributed by atoms with E-state index >= 15 is 0 Å². The average molecular weight is 681 g/mol. The van der Waals surface area contributed by atoms with E-state index in [2.05, 4.69) is 31.9 Å². The molecule has 0 rings (SSSR count). The summed E-state index contributed by atoms with van der Waals surface area (Å²) in [4.78, 5) is 77.6. The van der Waals surface area contributed by atoms with E-state index in [4.69, 9.17) is 33.2 Å². The van der Waals surface area contributed by atoms with E-state index in [9.17, 15) is 28.8 Å². The molecular weight excluding hydrogens is 628 g/mol. The molecule has 19 heteroatoms. The Hall–Kier alpha value is -4.42. The quantitative estimate of drug-likeness (QED) is 0.0693. The first-order chi connectivity index (χ1) is 21.9. The Morgan fingerprint density at radius 1 is 0.617 bits per heavy atom. The van der Waals surface area contributed by atoms with Crippen molar-refractivity contribution in [2.24, 2.45) is 5.92 Å². The molecule has 0 radical (unpaired) electrons. The number of carbonyl (C=O) groups is 6. The first-order valence-electron chi connectivity index (χ1n) is 15.2. The molecule has 0 saturated heterocycles. The highest BCUT2D eigenvalue weighted by atomic mass is 16.6. The van der Waals surface area contributed by atoms with Crippen molar-refractivity contribution in [2.45, 2.75) is 105 Å². The average Bonchev–Trinajstić information content (AvgIpc) is 2.94. The maximum absolute atomic E-state index is 13.1. The van der Waals surface area contributed by atoms with Crippen molar-refractivity contribution in [3.05, 3.63) is 0 Å². The number of nitrogens with one attached hydrogen (secondary N) is 6. The van der Waals surface area contributed by atoms with Gasteiger partial charge in [-0.2, -0.15) is 0 Å². The summed E-state index contributed by atoms with van der Waals surface area (Å²) in [5.74, 6) is -5.51. The lowest BCUT2D eigenvalue weighted by atomic mass is 9.98. The predicted molar refractivity (Wildman–Crippen MR) is 165 cm³/mol. The Bertz CT molecular complexity index is 1040. The van der Waals surface area contributed by atoms with Crippen LogP contribution in [0.3, 0.4) is 0 Å². The van der Waals surface area contributed by atoms with Crippen LogP contribution in [-0.4, -0.2) is 93.6 Å². The molecule has 0 spiro atoms. The highest BCUT2D eigenvalue weighted by Gasteiger charge is 2.57. The molecule has 0 aromatic carbocycles. The molecule has 0 aliphatic carbocycles. The minimum atomic E-state index is -2.82. The van der Waals surface area contributed by atoms with Gasteiger partial charge in [0.1, 0.15) is 5.60 Å². The summed E-state index contributed by atoms with van der Waals surface area (Å²) >= 11 is 0. The predicted octanol–water partition coefficient (Wildman–Crippen LogP) is 3.33. The fourth-order valence-corrected chi connectivity index (χ4v) is 3.38. The van der Waals surface area contributed by atoms with Gasteiger partial charge in [0.25, 0.3) is 0 Å². The van der Waals surface area contributed by atoms with E-state index in [1.54, 1.807) is 20.8 Å². The van der Waals surface area contributed by atoms with E-state index < -0.39 is 60.0 Å². The molecule has 0 fully saturated rings. The Morgan fingerprint density at radius 3 is 1.60 bits per heavy atom. The van der Waals surface area contributed by atoms with Crippen molar-refractivity contribution < 1.29 is 61.9 Å². The van der Waals surface area contributed by atoms with Gasteiger partial charge < -0.3 is 33.2 Å². The van der Waals surface area contributed by atoms with Crippen molar-refractivity contribution in [1.82, 2.24) is 31.9 Å². The standard InChI is InChI=1S/C28H52N6O13/c1-11-14-16-44-23(38)32-28(34-25(40)46-19(6)7,33-24(39)45-17-18(4)5)47-26(8,9)27(29-20(35)41-10,30-21(36)42-13-3)31-22(37)43-15-12-2/h18-19H,11-17H2,1-10H3,(H,29,35)(H,30,36)(H,31,37)(H,32,38)(H,33,39)(H,34,40). The second kappa shape index (κ2) is 20.7. The summed E-state index contributed by atoms with van der Waals surface area (Å²) in [7, 11) is 1.00. The molecule has 6 N–H and O–H groups in total. The van der Waals surface area contributed by atoms with Gasteiger partial charge in [-0.05, 0) is 53.4 Å². The zero-order valence-electron chi connectivity index (χ0n) is 28.9. The maximum Gasteiger partial charge on any atom is 0.412 e. The van der Waals surface area contributed by atoms with Crippen molar-refractivity contribution in [3.8, 4) is 0 Å². The highest BCUT2D eigenvalue weighted by Crippen LogP contribution is 2.27. The third kappa shape index (κ3) is 16.1. The molecule has 0 heterocycles. The van der Waals surface area contributed by atoms with Gasteiger partial charge in [0.15, 0.2) is 0 Å². The minimum absolute atomic E-state index is 0.0564. The van der Waals surface area contributed by atoms with Crippen LogP contribution in [0, 0.1) is 5.92 Å².